The molecule has 1 aliphatic rings. The molecule has 1 saturated carbocycles. The summed E-state index contributed by atoms with van der Waals surface area (Å²) in [4.78, 5) is 0. The van der Waals surface area contributed by atoms with Crippen molar-refractivity contribution in [1.82, 2.24) is 5.32 Å². The molecule has 1 aliphatic carbocycles. The van der Waals surface area contributed by atoms with Crippen LogP contribution in [0.3, 0.4) is 0 Å². The van der Waals surface area contributed by atoms with E-state index in [4.69, 9.17) is 4.42 Å². The third kappa shape index (κ3) is 2.42. The molecule has 1 fully saturated rings. The number of benzene rings is 1. The van der Waals surface area contributed by atoms with Gasteiger partial charge in [0, 0.05) is 18.2 Å². The molecule has 2 heteroatoms. The van der Waals surface area contributed by atoms with E-state index in [-0.39, 0.29) is 0 Å². The van der Waals surface area contributed by atoms with E-state index < -0.39 is 0 Å². The number of aryl methyl sites for hydroxylation is 1. The van der Waals surface area contributed by atoms with Crippen LogP contribution in [0.5, 0.6) is 0 Å². The molecule has 0 aliphatic heterocycles. The maximum atomic E-state index is 5.13. The second-order valence-corrected chi connectivity index (χ2v) is 4.82. The Kier molecular flexibility index (Phi) is 2.73. The van der Waals surface area contributed by atoms with Gasteiger partial charge in [-0.1, -0.05) is 18.2 Å². The zero-order valence-corrected chi connectivity index (χ0v) is 10.1. The quantitative estimate of drug-likeness (QED) is 0.864. The van der Waals surface area contributed by atoms with Gasteiger partial charge in [0.1, 0.15) is 0 Å². The summed E-state index contributed by atoms with van der Waals surface area (Å²) < 4.78 is 5.13. The molecule has 1 heterocycles. The van der Waals surface area contributed by atoms with Crippen molar-refractivity contribution in [2.24, 2.45) is 0 Å². The van der Waals surface area contributed by atoms with Gasteiger partial charge in [0.2, 0.25) is 0 Å². The van der Waals surface area contributed by atoms with Gasteiger partial charge in [0.25, 0.3) is 0 Å². The lowest BCUT2D eigenvalue weighted by Gasteiger charge is -2.08. The molecule has 0 unspecified atom stereocenters. The Bertz CT molecular complexity index is 498. The first-order valence-corrected chi connectivity index (χ1v) is 6.18. The minimum absolute atomic E-state index is 0.767. The smallest absolute Gasteiger partial charge is 0.0981 e. The summed E-state index contributed by atoms with van der Waals surface area (Å²) in [5, 5.41) is 3.54. The van der Waals surface area contributed by atoms with E-state index in [9.17, 15) is 0 Å². The van der Waals surface area contributed by atoms with E-state index in [0.717, 1.165) is 18.2 Å². The SMILES string of the molecule is Cc1cc(CNC2CC2)ccc1-c1ccoc1. The molecular weight excluding hydrogens is 210 g/mol. The van der Waals surface area contributed by atoms with E-state index in [0.29, 0.717) is 0 Å². The Morgan fingerprint density at radius 3 is 2.82 bits per heavy atom. The highest BCUT2D eigenvalue weighted by Gasteiger charge is 2.19. The highest BCUT2D eigenvalue weighted by molar-refractivity contribution is 5.66. The van der Waals surface area contributed by atoms with Gasteiger partial charge < -0.3 is 9.73 Å². The fourth-order valence-corrected chi connectivity index (χ4v) is 2.13. The summed E-state index contributed by atoms with van der Waals surface area (Å²) in [5.41, 5.74) is 5.08. The lowest BCUT2D eigenvalue weighted by molar-refractivity contribution is 0.568. The summed E-state index contributed by atoms with van der Waals surface area (Å²) in [6, 6.07) is 9.42. The average molecular weight is 227 g/mol. The third-order valence-electron chi connectivity index (χ3n) is 3.30. The van der Waals surface area contributed by atoms with Gasteiger partial charge >= 0.3 is 0 Å². The fraction of sp³-hybridized carbons (Fsp3) is 0.333. The molecule has 88 valence electrons. The Hall–Kier alpha value is -1.54. The van der Waals surface area contributed by atoms with Crippen LogP contribution < -0.4 is 5.32 Å². The first-order chi connectivity index (χ1) is 8.33. The molecule has 1 aromatic carbocycles. The van der Waals surface area contributed by atoms with Gasteiger partial charge in [-0.2, -0.15) is 0 Å². The van der Waals surface area contributed by atoms with Crippen LogP contribution in [0.1, 0.15) is 24.0 Å². The molecule has 17 heavy (non-hydrogen) atoms. The normalized spacial score (nSPS) is 15.1. The predicted octanol–water partition coefficient (Wildman–Crippen LogP) is 3.51. The van der Waals surface area contributed by atoms with Crippen LogP contribution in [0.4, 0.5) is 0 Å². The predicted molar refractivity (Wildman–Crippen MR) is 68.7 cm³/mol. The molecule has 2 nitrogen and oxygen atoms in total. The van der Waals surface area contributed by atoms with Crippen molar-refractivity contribution in [3.8, 4) is 11.1 Å². The van der Waals surface area contributed by atoms with Gasteiger partial charge in [-0.25, -0.2) is 0 Å². The third-order valence-corrected chi connectivity index (χ3v) is 3.30. The monoisotopic (exact) mass is 227 g/mol. The Morgan fingerprint density at radius 1 is 1.29 bits per heavy atom. The summed E-state index contributed by atoms with van der Waals surface area (Å²) >= 11 is 0. The van der Waals surface area contributed by atoms with Crippen LogP contribution in [0, 0.1) is 6.92 Å². The van der Waals surface area contributed by atoms with Crippen LogP contribution in [-0.4, -0.2) is 6.04 Å². The number of hydrogen-bond acceptors (Lipinski definition) is 2. The van der Waals surface area contributed by atoms with Gasteiger partial charge in [0.15, 0.2) is 0 Å². The first kappa shape index (κ1) is 10.6. The first-order valence-electron chi connectivity index (χ1n) is 6.18. The largest absolute Gasteiger partial charge is 0.472 e. The Morgan fingerprint density at radius 2 is 2.18 bits per heavy atom. The molecule has 3 rings (SSSR count). The molecule has 0 radical (unpaired) electrons. The second-order valence-electron chi connectivity index (χ2n) is 4.82. The topological polar surface area (TPSA) is 25.2 Å². The van der Waals surface area contributed by atoms with Crippen molar-refractivity contribution in [3.05, 3.63) is 47.9 Å². The molecule has 0 spiro atoms. The van der Waals surface area contributed by atoms with Crippen molar-refractivity contribution in [2.75, 3.05) is 0 Å². The fourth-order valence-electron chi connectivity index (χ4n) is 2.13. The molecule has 0 atom stereocenters. The highest BCUT2D eigenvalue weighted by Crippen LogP contribution is 2.25. The standard InChI is InChI=1S/C15H17NO/c1-11-8-12(9-16-14-3-4-14)2-5-15(11)13-6-7-17-10-13/h2,5-8,10,14,16H,3-4,9H2,1H3. The summed E-state index contributed by atoms with van der Waals surface area (Å²) in [6.45, 7) is 3.14. The maximum absolute atomic E-state index is 5.13. The zero-order valence-electron chi connectivity index (χ0n) is 10.1. The van der Waals surface area contributed by atoms with Crippen molar-refractivity contribution in [1.29, 1.82) is 0 Å². The zero-order chi connectivity index (χ0) is 11.7. The van der Waals surface area contributed by atoms with Gasteiger partial charge in [-0.15, -0.1) is 0 Å². The molecule has 1 aromatic heterocycles. The second kappa shape index (κ2) is 4.38. The lowest BCUT2D eigenvalue weighted by atomic mass is 10.0. The molecule has 1 N–H and O–H groups in total. The molecule has 0 saturated heterocycles. The molecule has 0 bridgehead atoms. The Labute approximate surface area is 102 Å². The van der Waals surface area contributed by atoms with Crippen LogP contribution in [-0.2, 0) is 6.54 Å². The Balaban J connectivity index is 1.78. The molecule has 0 amide bonds. The summed E-state index contributed by atoms with van der Waals surface area (Å²) in [7, 11) is 0. The summed E-state index contributed by atoms with van der Waals surface area (Å²) in [6.07, 6.45) is 6.19. The number of hydrogen-bond donors (Lipinski definition) is 1. The lowest BCUT2D eigenvalue weighted by Crippen LogP contribution is -2.15. The number of furan rings is 1. The van der Waals surface area contributed by atoms with Crippen molar-refractivity contribution in [3.63, 3.8) is 0 Å². The van der Waals surface area contributed by atoms with Crippen molar-refractivity contribution < 1.29 is 4.42 Å². The molecule has 2 aromatic rings. The van der Waals surface area contributed by atoms with E-state index in [1.807, 2.05) is 6.07 Å². The van der Waals surface area contributed by atoms with Gasteiger partial charge in [-0.3, -0.25) is 0 Å². The van der Waals surface area contributed by atoms with Crippen LogP contribution in [0.2, 0.25) is 0 Å². The molecular formula is C15H17NO. The van der Waals surface area contributed by atoms with E-state index in [1.54, 1.807) is 12.5 Å². The number of nitrogens with one attached hydrogen (secondary N) is 1. The maximum Gasteiger partial charge on any atom is 0.0981 e. The number of rotatable bonds is 4. The van der Waals surface area contributed by atoms with Gasteiger partial charge in [0.05, 0.1) is 12.5 Å². The highest BCUT2D eigenvalue weighted by atomic mass is 16.3. The van der Waals surface area contributed by atoms with Crippen LogP contribution in [0.25, 0.3) is 11.1 Å². The van der Waals surface area contributed by atoms with Gasteiger partial charge in [-0.05, 0) is 42.5 Å². The van der Waals surface area contributed by atoms with Crippen molar-refractivity contribution in [2.45, 2.75) is 32.4 Å². The van der Waals surface area contributed by atoms with Crippen molar-refractivity contribution >= 4 is 0 Å². The van der Waals surface area contributed by atoms with E-state index in [2.05, 4.69) is 30.4 Å². The van der Waals surface area contributed by atoms with Crippen LogP contribution >= 0.6 is 0 Å². The summed E-state index contributed by atoms with van der Waals surface area (Å²) in [5.74, 6) is 0. The van der Waals surface area contributed by atoms with E-state index in [1.165, 1.54) is 29.5 Å². The van der Waals surface area contributed by atoms with E-state index >= 15 is 0 Å². The average Bonchev–Trinajstić information content (AvgIpc) is 3.01. The van der Waals surface area contributed by atoms with Crippen LogP contribution in [0.15, 0.2) is 41.2 Å². The minimum atomic E-state index is 0.767. The minimum Gasteiger partial charge on any atom is -0.472 e.